The van der Waals surface area contributed by atoms with Crippen molar-refractivity contribution >= 4 is 5.97 Å². The topological polar surface area (TPSA) is 44.8 Å². The lowest BCUT2D eigenvalue weighted by atomic mass is 10.0. The van der Waals surface area contributed by atoms with Gasteiger partial charge in [-0.1, -0.05) is 84.0 Å². The Balaban J connectivity index is 1.78. The highest BCUT2D eigenvalue weighted by Crippen LogP contribution is 2.19. The Morgan fingerprint density at radius 1 is 0.880 bits per heavy atom. The van der Waals surface area contributed by atoms with Crippen LogP contribution in [0.1, 0.15) is 104 Å². The van der Waals surface area contributed by atoms with Crippen LogP contribution in [0.4, 0.5) is 0 Å². The van der Waals surface area contributed by atoms with Crippen molar-refractivity contribution in [3.63, 3.8) is 0 Å². The van der Waals surface area contributed by atoms with E-state index in [9.17, 15) is 4.79 Å². The number of hydrogen-bond donors (Lipinski definition) is 0. The molecule has 0 aliphatic carbocycles. The summed E-state index contributed by atoms with van der Waals surface area (Å²) in [6.45, 7) is 4.54. The smallest absolute Gasteiger partial charge is 0.302 e. The summed E-state index contributed by atoms with van der Waals surface area (Å²) in [4.78, 5) is 10.8. The number of unbranched alkanes of at least 4 members (excludes halogenated alkanes) is 12. The molecule has 148 valence electrons. The van der Waals surface area contributed by atoms with E-state index in [-0.39, 0.29) is 18.4 Å². The van der Waals surface area contributed by atoms with Crippen molar-refractivity contribution in [2.24, 2.45) is 0 Å². The number of carbonyl (C=O) groups excluding carboxylic acids is 1. The van der Waals surface area contributed by atoms with Crippen LogP contribution in [0, 0.1) is 0 Å². The summed E-state index contributed by atoms with van der Waals surface area (Å²) in [6, 6.07) is 0. The zero-order valence-electron chi connectivity index (χ0n) is 16.6. The van der Waals surface area contributed by atoms with Crippen LogP contribution < -0.4 is 0 Å². The lowest BCUT2D eigenvalue weighted by molar-refractivity contribution is -0.145. The molecule has 1 fully saturated rings. The van der Waals surface area contributed by atoms with E-state index in [2.05, 4.69) is 6.92 Å². The maximum atomic E-state index is 10.8. The Morgan fingerprint density at radius 3 is 1.92 bits per heavy atom. The highest BCUT2D eigenvalue weighted by Gasteiger charge is 2.26. The molecule has 0 aromatic heterocycles. The Morgan fingerprint density at radius 2 is 1.40 bits per heavy atom. The molecule has 4 heteroatoms. The normalized spacial score (nSPS) is 20.1. The van der Waals surface area contributed by atoms with Gasteiger partial charge in [-0.15, -0.1) is 0 Å². The molecule has 4 nitrogen and oxygen atoms in total. The molecule has 1 rings (SSSR count). The molecule has 0 aromatic rings. The van der Waals surface area contributed by atoms with E-state index in [0.29, 0.717) is 13.2 Å². The van der Waals surface area contributed by atoms with E-state index < -0.39 is 0 Å². The van der Waals surface area contributed by atoms with Gasteiger partial charge in [-0.25, -0.2) is 0 Å². The predicted molar refractivity (Wildman–Crippen MR) is 102 cm³/mol. The van der Waals surface area contributed by atoms with Crippen LogP contribution in [0.15, 0.2) is 0 Å². The minimum Gasteiger partial charge on any atom is -0.463 e. The second kappa shape index (κ2) is 15.6. The first-order valence-electron chi connectivity index (χ1n) is 10.6. The molecule has 0 bridgehead atoms. The fraction of sp³-hybridized carbons (Fsp3) is 0.952. The number of hydrogen-bond acceptors (Lipinski definition) is 4. The molecule has 0 aromatic carbocycles. The summed E-state index contributed by atoms with van der Waals surface area (Å²) in [5.74, 6) is -0.261. The van der Waals surface area contributed by atoms with Crippen molar-refractivity contribution in [3.05, 3.63) is 0 Å². The number of esters is 1. The van der Waals surface area contributed by atoms with Gasteiger partial charge in [0.15, 0.2) is 6.29 Å². The quantitative estimate of drug-likeness (QED) is 0.260. The van der Waals surface area contributed by atoms with E-state index >= 15 is 0 Å². The largest absolute Gasteiger partial charge is 0.463 e. The van der Waals surface area contributed by atoms with Gasteiger partial charge in [0.25, 0.3) is 0 Å². The maximum absolute atomic E-state index is 10.8. The van der Waals surface area contributed by atoms with Crippen LogP contribution >= 0.6 is 0 Å². The SMILES string of the molecule is CCCCCCCCCCCCCCC[C@H]1OC[C@H](COC(C)=O)O1. The Hall–Kier alpha value is -0.610. The summed E-state index contributed by atoms with van der Waals surface area (Å²) >= 11 is 0. The molecule has 25 heavy (non-hydrogen) atoms. The molecule has 1 aliphatic heterocycles. The van der Waals surface area contributed by atoms with Crippen molar-refractivity contribution in [2.75, 3.05) is 13.2 Å². The Kier molecular flexibility index (Phi) is 14.0. The minimum absolute atomic E-state index is 0.0872. The summed E-state index contributed by atoms with van der Waals surface area (Å²) in [5, 5.41) is 0. The van der Waals surface area contributed by atoms with Crippen molar-refractivity contribution in [1.29, 1.82) is 0 Å². The number of carbonyl (C=O) groups is 1. The third-order valence-electron chi connectivity index (χ3n) is 4.83. The van der Waals surface area contributed by atoms with Gasteiger partial charge in [0.2, 0.25) is 0 Å². The van der Waals surface area contributed by atoms with Crippen LogP contribution in [-0.2, 0) is 19.0 Å². The van der Waals surface area contributed by atoms with Crippen LogP contribution in [0.5, 0.6) is 0 Å². The maximum Gasteiger partial charge on any atom is 0.302 e. The second-order valence-electron chi connectivity index (χ2n) is 7.35. The summed E-state index contributed by atoms with van der Waals surface area (Å²) in [5.41, 5.74) is 0. The molecule has 0 amide bonds. The molecule has 0 unspecified atom stereocenters. The Bertz CT molecular complexity index is 319. The first-order chi connectivity index (χ1) is 12.2. The first kappa shape index (κ1) is 22.4. The van der Waals surface area contributed by atoms with Gasteiger partial charge >= 0.3 is 5.97 Å². The van der Waals surface area contributed by atoms with Crippen LogP contribution in [0.25, 0.3) is 0 Å². The first-order valence-corrected chi connectivity index (χ1v) is 10.6. The fourth-order valence-electron chi connectivity index (χ4n) is 3.29. The summed E-state index contributed by atoms with van der Waals surface area (Å²) in [6.07, 6.45) is 18.5. The lowest BCUT2D eigenvalue weighted by Crippen LogP contribution is -2.20. The Labute approximate surface area is 155 Å². The molecule has 0 saturated carbocycles. The minimum atomic E-state index is -0.261. The zero-order chi connectivity index (χ0) is 18.2. The molecule has 1 aliphatic rings. The summed E-state index contributed by atoms with van der Waals surface area (Å²) in [7, 11) is 0. The molecule has 2 atom stereocenters. The van der Waals surface area contributed by atoms with E-state index in [1.165, 1.54) is 84.0 Å². The van der Waals surface area contributed by atoms with Crippen molar-refractivity contribution in [2.45, 2.75) is 116 Å². The van der Waals surface area contributed by atoms with E-state index in [0.717, 1.165) is 12.8 Å². The molecule has 0 radical (unpaired) electrons. The zero-order valence-corrected chi connectivity index (χ0v) is 16.6. The van der Waals surface area contributed by atoms with Gasteiger partial charge in [0.05, 0.1) is 6.61 Å². The molecular weight excluding hydrogens is 316 g/mol. The molecule has 0 spiro atoms. The fourth-order valence-corrected chi connectivity index (χ4v) is 3.29. The van der Waals surface area contributed by atoms with Crippen LogP contribution in [0.2, 0.25) is 0 Å². The van der Waals surface area contributed by atoms with E-state index in [1.807, 2.05) is 0 Å². The molecular formula is C21H40O4. The van der Waals surface area contributed by atoms with Crippen LogP contribution in [-0.4, -0.2) is 31.6 Å². The van der Waals surface area contributed by atoms with E-state index in [4.69, 9.17) is 14.2 Å². The monoisotopic (exact) mass is 356 g/mol. The van der Waals surface area contributed by atoms with Crippen molar-refractivity contribution in [3.8, 4) is 0 Å². The van der Waals surface area contributed by atoms with Crippen LogP contribution in [0.3, 0.4) is 0 Å². The predicted octanol–water partition coefficient (Wildman–Crippen LogP) is 5.77. The van der Waals surface area contributed by atoms with Crippen molar-refractivity contribution < 1.29 is 19.0 Å². The standard InChI is InChI=1S/C21H40O4/c1-3-4-5-6-7-8-9-10-11-12-13-14-15-16-21-24-18-20(25-21)17-23-19(2)22/h20-21H,3-18H2,1-2H3/t20-,21-/m0/s1. The van der Waals surface area contributed by atoms with Gasteiger partial charge in [-0.3, -0.25) is 4.79 Å². The average Bonchev–Trinajstić information content (AvgIpc) is 3.05. The highest BCUT2D eigenvalue weighted by atomic mass is 16.7. The third kappa shape index (κ3) is 13.3. The molecule has 1 heterocycles. The highest BCUT2D eigenvalue weighted by molar-refractivity contribution is 5.65. The third-order valence-corrected chi connectivity index (χ3v) is 4.83. The van der Waals surface area contributed by atoms with Gasteiger partial charge in [-0.2, -0.15) is 0 Å². The van der Waals surface area contributed by atoms with Gasteiger partial charge in [0.1, 0.15) is 12.7 Å². The second-order valence-corrected chi connectivity index (χ2v) is 7.35. The van der Waals surface area contributed by atoms with Crippen molar-refractivity contribution in [1.82, 2.24) is 0 Å². The number of rotatable bonds is 16. The average molecular weight is 357 g/mol. The molecule has 1 saturated heterocycles. The van der Waals surface area contributed by atoms with Gasteiger partial charge in [-0.05, 0) is 12.8 Å². The number of ether oxygens (including phenoxy) is 3. The summed E-state index contributed by atoms with van der Waals surface area (Å²) < 4.78 is 16.3. The lowest BCUT2D eigenvalue weighted by Gasteiger charge is -2.11. The van der Waals surface area contributed by atoms with E-state index in [1.54, 1.807) is 0 Å². The van der Waals surface area contributed by atoms with Gasteiger partial charge in [0, 0.05) is 6.92 Å². The molecule has 0 N–H and O–H groups in total. The van der Waals surface area contributed by atoms with Gasteiger partial charge < -0.3 is 14.2 Å².